The van der Waals surface area contributed by atoms with E-state index in [4.69, 9.17) is 0 Å². The highest BCUT2D eigenvalue weighted by Crippen LogP contribution is 2.22. The molecule has 74 valence electrons. The SMILES string of the molecule is C=C(C)CC(O)CC1=CCCCC1. The Morgan fingerprint density at radius 2 is 2.38 bits per heavy atom. The summed E-state index contributed by atoms with van der Waals surface area (Å²) >= 11 is 0. The van der Waals surface area contributed by atoms with Crippen molar-refractivity contribution in [1.82, 2.24) is 0 Å². The van der Waals surface area contributed by atoms with Crippen LogP contribution in [0.15, 0.2) is 23.8 Å². The molecule has 1 atom stereocenters. The topological polar surface area (TPSA) is 20.2 Å². The van der Waals surface area contributed by atoms with Crippen molar-refractivity contribution in [2.75, 3.05) is 0 Å². The summed E-state index contributed by atoms with van der Waals surface area (Å²) in [7, 11) is 0. The van der Waals surface area contributed by atoms with Gasteiger partial charge < -0.3 is 5.11 Å². The molecule has 1 aliphatic rings. The summed E-state index contributed by atoms with van der Waals surface area (Å²) in [5.74, 6) is 0. The summed E-state index contributed by atoms with van der Waals surface area (Å²) in [4.78, 5) is 0. The lowest BCUT2D eigenvalue weighted by Gasteiger charge is -2.16. The van der Waals surface area contributed by atoms with Gasteiger partial charge in [-0.25, -0.2) is 0 Å². The smallest absolute Gasteiger partial charge is 0.0614 e. The fourth-order valence-electron chi connectivity index (χ4n) is 1.87. The van der Waals surface area contributed by atoms with E-state index >= 15 is 0 Å². The molecule has 0 aromatic rings. The third-order valence-electron chi connectivity index (χ3n) is 2.47. The first kappa shape index (κ1) is 10.5. The van der Waals surface area contributed by atoms with Crippen molar-refractivity contribution in [1.29, 1.82) is 0 Å². The summed E-state index contributed by atoms with van der Waals surface area (Å²) in [6.07, 6.45) is 8.70. The average molecular weight is 180 g/mol. The van der Waals surface area contributed by atoms with E-state index in [1.165, 1.54) is 31.3 Å². The molecule has 0 radical (unpaired) electrons. The van der Waals surface area contributed by atoms with E-state index in [9.17, 15) is 5.11 Å². The molecule has 1 aliphatic carbocycles. The first-order valence-electron chi connectivity index (χ1n) is 5.19. The maximum Gasteiger partial charge on any atom is 0.0614 e. The first-order valence-corrected chi connectivity index (χ1v) is 5.19. The summed E-state index contributed by atoms with van der Waals surface area (Å²) in [6, 6.07) is 0. The molecule has 0 saturated carbocycles. The molecule has 1 unspecified atom stereocenters. The van der Waals surface area contributed by atoms with Gasteiger partial charge in [-0.2, -0.15) is 0 Å². The van der Waals surface area contributed by atoms with Crippen LogP contribution in [0.25, 0.3) is 0 Å². The highest BCUT2D eigenvalue weighted by atomic mass is 16.3. The molecule has 0 saturated heterocycles. The van der Waals surface area contributed by atoms with Crippen LogP contribution >= 0.6 is 0 Å². The molecule has 0 spiro atoms. The second-order valence-electron chi connectivity index (χ2n) is 4.13. The lowest BCUT2D eigenvalue weighted by molar-refractivity contribution is 0.173. The first-order chi connectivity index (χ1) is 6.18. The van der Waals surface area contributed by atoms with E-state index in [0.717, 1.165) is 18.4 Å². The van der Waals surface area contributed by atoms with Gasteiger partial charge >= 0.3 is 0 Å². The molecule has 0 heterocycles. The number of rotatable bonds is 4. The van der Waals surface area contributed by atoms with Crippen LogP contribution in [0.5, 0.6) is 0 Å². The van der Waals surface area contributed by atoms with Gasteiger partial charge in [-0.1, -0.05) is 17.2 Å². The minimum atomic E-state index is -0.207. The van der Waals surface area contributed by atoms with E-state index < -0.39 is 0 Å². The monoisotopic (exact) mass is 180 g/mol. The summed E-state index contributed by atoms with van der Waals surface area (Å²) in [6.45, 7) is 5.78. The predicted molar refractivity (Wildman–Crippen MR) is 56.6 cm³/mol. The summed E-state index contributed by atoms with van der Waals surface area (Å²) in [5.41, 5.74) is 2.52. The number of aliphatic hydroxyl groups excluding tert-OH is 1. The van der Waals surface area contributed by atoms with Crippen molar-refractivity contribution in [3.63, 3.8) is 0 Å². The van der Waals surface area contributed by atoms with Crippen molar-refractivity contribution < 1.29 is 5.11 Å². The quantitative estimate of drug-likeness (QED) is 0.659. The number of aliphatic hydroxyl groups is 1. The van der Waals surface area contributed by atoms with Crippen LogP contribution in [0.1, 0.15) is 45.4 Å². The van der Waals surface area contributed by atoms with E-state index in [0.29, 0.717) is 0 Å². The normalized spacial score (nSPS) is 19.4. The van der Waals surface area contributed by atoms with Gasteiger partial charge in [0, 0.05) is 0 Å². The van der Waals surface area contributed by atoms with Crippen LogP contribution < -0.4 is 0 Å². The molecule has 1 N–H and O–H groups in total. The zero-order valence-corrected chi connectivity index (χ0v) is 8.55. The third kappa shape index (κ3) is 4.28. The van der Waals surface area contributed by atoms with E-state index in [1.54, 1.807) is 0 Å². The van der Waals surface area contributed by atoms with Crippen molar-refractivity contribution in [2.45, 2.75) is 51.6 Å². The van der Waals surface area contributed by atoms with E-state index in [1.807, 2.05) is 6.92 Å². The second-order valence-corrected chi connectivity index (χ2v) is 4.13. The zero-order chi connectivity index (χ0) is 9.68. The Hall–Kier alpha value is -0.560. The van der Waals surface area contributed by atoms with Crippen LogP contribution in [0.3, 0.4) is 0 Å². The highest BCUT2D eigenvalue weighted by Gasteiger charge is 2.09. The molecule has 0 bridgehead atoms. The van der Waals surface area contributed by atoms with Gasteiger partial charge in [0.1, 0.15) is 0 Å². The fourth-order valence-corrected chi connectivity index (χ4v) is 1.87. The van der Waals surface area contributed by atoms with Gasteiger partial charge in [0.15, 0.2) is 0 Å². The standard InChI is InChI=1S/C12H20O/c1-10(2)8-12(13)9-11-6-4-3-5-7-11/h6,12-13H,1,3-5,7-9H2,2H3. The Morgan fingerprint density at radius 3 is 2.92 bits per heavy atom. The lowest BCUT2D eigenvalue weighted by Crippen LogP contribution is -2.09. The summed E-state index contributed by atoms with van der Waals surface area (Å²) in [5, 5.41) is 9.67. The van der Waals surface area contributed by atoms with E-state index in [-0.39, 0.29) is 6.10 Å². The van der Waals surface area contributed by atoms with Crippen LogP contribution in [0.2, 0.25) is 0 Å². The molecule has 0 fully saturated rings. The maximum absolute atomic E-state index is 9.67. The molecule has 1 nitrogen and oxygen atoms in total. The van der Waals surface area contributed by atoms with Crippen molar-refractivity contribution in [3.05, 3.63) is 23.8 Å². The Labute approximate surface area is 81.2 Å². The van der Waals surface area contributed by atoms with Crippen LogP contribution in [-0.4, -0.2) is 11.2 Å². The Bertz CT molecular complexity index is 203. The van der Waals surface area contributed by atoms with Gasteiger partial charge in [0.25, 0.3) is 0 Å². The van der Waals surface area contributed by atoms with Gasteiger partial charge in [-0.05, 0) is 45.4 Å². The molecule has 0 aromatic carbocycles. The number of allylic oxidation sites excluding steroid dienone is 1. The molecular weight excluding hydrogens is 160 g/mol. The second kappa shape index (κ2) is 5.23. The summed E-state index contributed by atoms with van der Waals surface area (Å²) < 4.78 is 0. The molecule has 13 heavy (non-hydrogen) atoms. The zero-order valence-electron chi connectivity index (χ0n) is 8.55. The van der Waals surface area contributed by atoms with Gasteiger partial charge in [0.05, 0.1) is 6.10 Å². The van der Waals surface area contributed by atoms with Crippen LogP contribution in [-0.2, 0) is 0 Å². The minimum absolute atomic E-state index is 0.207. The minimum Gasteiger partial charge on any atom is -0.392 e. The third-order valence-corrected chi connectivity index (χ3v) is 2.47. The van der Waals surface area contributed by atoms with Crippen molar-refractivity contribution >= 4 is 0 Å². The van der Waals surface area contributed by atoms with Crippen LogP contribution in [0, 0.1) is 0 Å². The lowest BCUT2D eigenvalue weighted by atomic mass is 9.93. The molecular formula is C12H20O. The molecule has 0 aromatic heterocycles. The molecule has 0 aliphatic heterocycles. The number of hydrogen-bond donors (Lipinski definition) is 1. The maximum atomic E-state index is 9.67. The largest absolute Gasteiger partial charge is 0.392 e. The Morgan fingerprint density at radius 1 is 1.62 bits per heavy atom. The fraction of sp³-hybridized carbons (Fsp3) is 0.667. The van der Waals surface area contributed by atoms with Gasteiger partial charge in [-0.3, -0.25) is 0 Å². The van der Waals surface area contributed by atoms with Gasteiger partial charge in [0.2, 0.25) is 0 Å². The number of hydrogen-bond acceptors (Lipinski definition) is 1. The van der Waals surface area contributed by atoms with Gasteiger partial charge in [-0.15, -0.1) is 6.58 Å². The molecule has 0 amide bonds. The Balaban J connectivity index is 2.30. The Kier molecular flexibility index (Phi) is 4.23. The van der Waals surface area contributed by atoms with Crippen molar-refractivity contribution in [3.8, 4) is 0 Å². The molecule has 1 rings (SSSR count). The van der Waals surface area contributed by atoms with Crippen LogP contribution in [0.4, 0.5) is 0 Å². The highest BCUT2D eigenvalue weighted by molar-refractivity contribution is 5.07. The molecule has 1 heteroatoms. The van der Waals surface area contributed by atoms with Crippen molar-refractivity contribution in [2.24, 2.45) is 0 Å². The predicted octanol–water partition coefficient (Wildman–Crippen LogP) is 3.20. The average Bonchev–Trinajstić information content (AvgIpc) is 2.04. The van der Waals surface area contributed by atoms with E-state index in [2.05, 4.69) is 12.7 Å².